The summed E-state index contributed by atoms with van der Waals surface area (Å²) in [5.41, 5.74) is 5.42. The number of benzene rings is 1. The van der Waals surface area contributed by atoms with Crippen molar-refractivity contribution in [3.63, 3.8) is 0 Å². The van der Waals surface area contributed by atoms with Gasteiger partial charge in [-0.3, -0.25) is 4.79 Å². The summed E-state index contributed by atoms with van der Waals surface area (Å²) in [5.74, 6) is 0.496. The van der Waals surface area contributed by atoms with Crippen molar-refractivity contribution < 1.29 is 14.3 Å². The standard InChI is InChI=1S/C16H24N2O3/c1-14(2,15(3,4)17)13(19)18-10-7-8-11-12(9-10)21-16(5,6)20-11/h7-9H,17H2,1-6H3,(H,18,19). The van der Waals surface area contributed by atoms with Crippen LogP contribution in [-0.4, -0.2) is 17.2 Å². The quantitative estimate of drug-likeness (QED) is 0.898. The van der Waals surface area contributed by atoms with Crippen LogP contribution in [0.25, 0.3) is 0 Å². The van der Waals surface area contributed by atoms with Gasteiger partial charge in [0.05, 0.1) is 5.41 Å². The van der Waals surface area contributed by atoms with E-state index in [0.717, 1.165) is 0 Å². The molecule has 116 valence electrons. The van der Waals surface area contributed by atoms with Crippen LogP contribution in [0, 0.1) is 5.41 Å². The van der Waals surface area contributed by atoms with E-state index in [1.807, 2.05) is 41.5 Å². The van der Waals surface area contributed by atoms with Crippen LogP contribution in [-0.2, 0) is 4.79 Å². The van der Waals surface area contributed by atoms with Gasteiger partial charge in [0.25, 0.3) is 0 Å². The number of amides is 1. The van der Waals surface area contributed by atoms with E-state index in [-0.39, 0.29) is 5.91 Å². The van der Waals surface area contributed by atoms with E-state index in [9.17, 15) is 4.79 Å². The molecular formula is C16H24N2O3. The third-order valence-electron chi connectivity index (χ3n) is 4.09. The summed E-state index contributed by atoms with van der Waals surface area (Å²) >= 11 is 0. The maximum atomic E-state index is 12.4. The van der Waals surface area contributed by atoms with E-state index in [0.29, 0.717) is 17.2 Å². The third-order valence-corrected chi connectivity index (χ3v) is 4.09. The number of hydrogen-bond donors (Lipinski definition) is 2. The minimum Gasteiger partial charge on any atom is -0.449 e. The van der Waals surface area contributed by atoms with Gasteiger partial charge in [0.2, 0.25) is 11.7 Å². The van der Waals surface area contributed by atoms with Crippen molar-refractivity contribution in [2.24, 2.45) is 11.1 Å². The first-order chi connectivity index (χ1) is 9.42. The number of anilines is 1. The lowest BCUT2D eigenvalue weighted by Gasteiger charge is -2.36. The van der Waals surface area contributed by atoms with Gasteiger partial charge in [0.1, 0.15) is 0 Å². The van der Waals surface area contributed by atoms with E-state index >= 15 is 0 Å². The Morgan fingerprint density at radius 2 is 1.71 bits per heavy atom. The zero-order valence-corrected chi connectivity index (χ0v) is 13.5. The smallest absolute Gasteiger partial charge is 0.246 e. The summed E-state index contributed by atoms with van der Waals surface area (Å²) < 4.78 is 11.3. The van der Waals surface area contributed by atoms with Crippen molar-refractivity contribution in [2.45, 2.75) is 52.9 Å². The average Bonchev–Trinajstić information content (AvgIpc) is 2.60. The first-order valence-corrected chi connectivity index (χ1v) is 7.05. The fourth-order valence-electron chi connectivity index (χ4n) is 1.88. The first kappa shape index (κ1) is 15.6. The fourth-order valence-corrected chi connectivity index (χ4v) is 1.88. The van der Waals surface area contributed by atoms with Crippen LogP contribution in [0.2, 0.25) is 0 Å². The lowest BCUT2D eigenvalue weighted by atomic mass is 9.74. The molecule has 0 fully saturated rings. The van der Waals surface area contributed by atoms with Crippen LogP contribution >= 0.6 is 0 Å². The molecule has 0 atom stereocenters. The molecule has 5 heteroatoms. The Morgan fingerprint density at radius 1 is 1.14 bits per heavy atom. The van der Waals surface area contributed by atoms with Gasteiger partial charge in [-0.2, -0.15) is 0 Å². The molecule has 0 radical (unpaired) electrons. The molecular weight excluding hydrogens is 268 g/mol. The molecule has 0 bridgehead atoms. The van der Waals surface area contributed by atoms with Gasteiger partial charge in [-0.15, -0.1) is 0 Å². The van der Waals surface area contributed by atoms with Crippen LogP contribution in [0.4, 0.5) is 5.69 Å². The number of nitrogens with one attached hydrogen (secondary N) is 1. The maximum absolute atomic E-state index is 12.4. The number of carbonyl (C=O) groups excluding carboxylic acids is 1. The van der Waals surface area contributed by atoms with Gasteiger partial charge in [0, 0.05) is 31.1 Å². The van der Waals surface area contributed by atoms with Gasteiger partial charge >= 0.3 is 0 Å². The van der Waals surface area contributed by atoms with Gasteiger partial charge in [-0.05, 0) is 39.8 Å². The molecule has 1 amide bonds. The van der Waals surface area contributed by atoms with Crippen molar-refractivity contribution >= 4 is 11.6 Å². The summed E-state index contributed by atoms with van der Waals surface area (Å²) in [6, 6.07) is 5.35. The lowest BCUT2D eigenvalue weighted by Crippen LogP contribution is -2.53. The van der Waals surface area contributed by atoms with Crippen molar-refractivity contribution in [1.29, 1.82) is 0 Å². The molecule has 1 aromatic rings. The Bertz CT molecular complexity index is 571. The number of ether oxygens (including phenoxy) is 2. The predicted molar refractivity (Wildman–Crippen MR) is 82.5 cm³/mol. The van der Waals surface area contributed by atoms with Crippen LogP contribution in [0.1, 0.15) is 41.5 Å². The molecule has 1 aliphatic heterocycles. The summed E-state index contributed by atoms with van der Waals surface area (Å²) in [6.45, 7) is 11.0. The van der Waals surface area contributed by atoms with Crippen LogP contribution in [0.15, 0.2) is 18.2 Å². The maximum Gasteiger partial charge on any atom is 0.246 e. The highest BCUT2D eigenvalue weighted by Crippen LogP contribution is 2.41. The van der Waals surface area contributed by atoms with Gasteiger partial charge in [-0.25, -0.2) is 0 Å². The molecule has 1 aliphatic rings. The van der Waals surface area contributed by atoms with E-state index in [2.05, 4.69) is 5.32 Å². The summed E-state index contributed by atoms with van der Waals surface area (Å²) in [7, 11) is 0. The van der Waals surface area contributed by atoms with Gasteiger partial charge in [0.15, 0.2) is 11.5 Å². The van der Waals surface area contributed by atoms with Crippen molar-refractivity contribution in [3.05, 3.63) is 18.2 Å². The van der Waals surface area contributed by atoms with E-state index in [1.54, 1.807) is 18.2 Å². The number of hydrogen-bond acceptors (Lipinski definition) is 4. The Hall–Kier alpha value is -1.75. The topological polar surface area (TPSA) is 73.6 Å². The van der Waals surface area contributed by atoms with Crippen LogP contribution in [0.5, 0.6) is 11.5 Å². The SMILES string of the molecule is CC1(C)Oc2ccc(NC(=O)C(C)(C)C(C)(C)N)cc2O1. The monoisotopic (exact) mass is 292 g/mol. The zero-order chi connectivity index (χ0) is 16.1. The normalized spacial score (nSPS) is 16.7. The van der Waals surface area contributed by atoms with Crippen molar-refractivity contribution in [1.82, 2.24) is 0 Å². The van der Waals surface area contributed by atoms with Gasteiger partial charge < -0.3 is 20.5 Å². The molecule has 1 aromatic carbocycles. The number of carbonyl (C=O) groups is 1. The lowest BCUT2D eigenvalue weighted by molar-refractivity contribution is -0.126. The van der Waals surface area contributed by atoms with Gasteiger partial charge in [-0.1, -0.05) is 0 Å². The summed E-state index contributed by atoms with van der Waals surface area (Å²) in [6.07, 6.45) is 0. The number of rotatable bonds is 3. The predicted octanol–water partition coefficient (Wildman–Crippen LogP) is 2.90. The van der Waals surface area contributed by atoms with E-state index < -0.39 is 16.7 Å². The molecule has 0 unspecified atom stereocenters. The van der Waals surface area contributed by atoms with Crippen LogP contribution < -0.4 is 20.5 Å². The Labute approximate surface area is 125 Å². The summed E-state index contributed by atoms with van der Waals surface area (Å²) in [5, 5.41) is 2.89. The molecule has 3 N–H and O–H groups in total. The Kier molecular flexibility index (Phi) is 3.45. The molecule has 0 saturated heterocycles. The molecule has 0 saturated carbocycles. The largest absolute Gasteiger partial charge is 0.449 e. The first-order valence-electron chi connectivity index (χ1n) is 7.05. The second kappa shape index (κ2) is 4.63. The highest BCUT2D eigenvalue weighted by Gasteiger charge is 2.40. The number of fused-ring (bicyclic) bond motifs is 1. The molecule has 0 spiro atoms. The second-order valence-electron chi connectivity index (χ2n) is 7.07. The fraction of sp³-hybridized carbons (Fsp3) is 0.562. The molecule has 2 rings (SSSR count). The van der Waals surface area contributed by atoms with Crippen LogP contribution in [0.3, 0.4) is 0 Å². The van der Waals surface area contributed by atoms with Crippen molar-refractivity contribution in [2.75, 3.05) is 5.32 Å². The minimum absolute atomic E-state index is 0.131. The second-order valence-corrected chi connectivity index (χ2v) is 7.07. The number of nitrogens with two attached hydrogens (primary N) is 1. The molecule has 0 aliphatic carbocycles. The Balaban J connectivity index is 2.18. The average molecular weight is 292 g/mol. The summed E-state index contributed by atoms with van der Waals surface area (Å²) in [4.78, 5) is 12.4. The highest BCUT2D eigenvalue weighted by molar-refractivity contribution is 5.96. The zero-order valence-electron chi connectivity index (χ0n) is 13.5. The van der Waals surface area contributed by atoms with Crippen molar-refractivity contribution in [3.8, 4) is 11.5 Å². The molecule has 0 aromatic heterocycles. The van der Waals surface area contributed by atoms with E-state index in [4.69, 9.17) is 15.2 Å². The molecule has 1 heterocycles. The third kappa shape index (κ3) is 2.97. The Morgan fingerprint density at radius 3 is 2.29 bits per heavy atom. The molecule has 5 nitrogen and oxygen atoms in total. The minimum atomic E-state index is -0.706. The molecule has 21 heavy (non-hydrogen) atoms. The highest BCUT2D eigenvalue weighted by atomic mass is 16.7. The van der Waals surface area contributed by atoms with E-state index in [1.165, 1.54) is 0 Å².